The van der Waals surface area contributed by atoms with Gasteiger partial charge in [0, 0.05) is 12.5 Å². The predicted molar refractivity (Wildman–Crippen MR) is 72.0 cm³/mol. The van der Waals surface area contributed by atoms with Gasteiger partial charge in [-0.2, -0.15) is 0 Å². The average Bonchev–Trinajstić information content (AvgIpc) is 2.95. The van der Waals surface area contributed by atoms with Crippen molar-refractivity contribution in [2.45, 2.75) is 39.2 Å². The summed E-state index contributed by atoms with van der Waals surface area (Å²) in [6.07, 6.45) is 1.59. The van der Waals surface area contributed by atoms with Gasteiger partial charge in [0.15, 0.2) is 5.82 Å². The highest BCUT2D eigenvalue weighted by atomic mass is 16.2. The number of carbonyl (C=O) groups is 1. The summed E-state index contributed by atoms with van der Waals surface area (Å²) in [7, 11) is 1.82. The zero-order valence-electron chi connectivity index (χ0n) is 12.3. The van der Waals surface area contributed by atoms with Crippen LogP contribution in [0.4, 0.5) is 0 Å². The van der Waals surface area contributed by atoms with Crippen LogP contribution in [0.2, 0.25) is 0 Å². The molecule has 0 aliphatic rings. The van der Waals surface area contributed by atoms with Gasteiger partial charge >= 0.3 is 0 Å². The number of carbonyl (C=O) groups excluding carboxylic acids is 1. The van der Waals surface area contributed by atoms with Crippen LogP contribution in [0.25, 0.3) is 0 Å². The summed E-state index contributed by atoms with van der Waals surface area (Å²) in [5, 5.41) is 17.3. The summed E-state index contributed by atoms with van der Waals surface area (Å²) in [5.74, 6) is 1.13. The van der Waals surface area contributed by atoms with Crippen LogP contribution in [0.15, 0.2) is 6.33 Å². The zero-order chi connectivity index (χ0) is 14.9. The Labute approximate surface area is 117 Å². The lowest BCUT2D eigenvalue weighted by Crippen LogP contribution is -2.29. The SMILES string of the molecule is CC(NC(=O)c1n[nH]c(C(C)(C)C)n1)c1nncn1C. The minimum atomic E-state index is -0.341. The molecule has 0 aliphatic carbocycles. The number of hydrogen-bond acceptors (Lipinski definition) is 5. The van der Waals surface area contributed by atoms with Gasteiger partial charge in [-0.1, -0.05) is 20.8 Å². The van der Waals surface area contributed by atoms with Gasteiger partial charge in [0.2, 0.25) is 5.82 Å². The van der Waals surface area contributed by atoms with Crippen molar-refractivity contribution in [2.75, 3.05) is 0 Å². The Morgan fingerprint density at radius 3 is 2.65 bits per heavy atom. The molecule has 2 aromatic rings. The van der Waals surface area contributed by atoms with Gasteiger partial charge in [0.25, 0.3) is 5.91 Å². The minimum Gasteiger partial charge on any atom is -0.340 e. The minimum absolute atomic E-state index is 0.129. The Morgan fingerprint density at radius 2 is 2.15 bits per heavy atom. The van der Waals surface area contributed by atoms with Crippen LogP contribution in [-0.2, 0) is 12.5 Å². The Balaban J connectivity index is 2.09. The van der Waals surface area contributed by atoms with E-state index in [-0.39, 0.29) is 23.2 Å². The van der Waals surface area contributed by atoms with Crippen molar-refractivity contribution in [1.29, 1.82) is 0 Å². The molecule has 8 heteroatoms. The summed E-state index contributed by atoms with van der Waals surface area (Å²) in [4.78, 5) is 16.3. The molecule has 0 saturated heterocycles. The molecule has 0 aliphatic heterocycles. The molecule has 2 N–H and O–H groups in total. The summed E-state index contributed by atoms with van der Waals surface area (Å²) in [6, 6.07) is -0.272. The molecule has 1 amide bonds. The monoisotopic (exact) mass is 277 g/mol. The number of hydrogen-bond donors (Lipinski definition) is 2. The van der Waals surface area contributed by atoms with Gasteiger partial charge in [-0.15, -0.1) is 15.3 Å². The molecule has 108 valence electrons. The van der Waals surface area contributed by atoms with Crippen molar-refractivity contribution < 1.29 is 4.79 Å². The fourth-order valence-electron chi connectivity index (χ4n) is 1.71. The number of nitrogens with zero attached hydrogens (tertiary/aromatic N) is 5. The van der Waals surface area contributed by atoms with Gasteiger partial charge in [0.05, 0.1) is 6.04 Å². The van der Waals surface area contributed by atoms with Crippen molar-refractivity contribution in [1.82, 2.24) is 35.3 Å². The van der Waals surface area contributed by atoms with E-state index in [0.717, 1.165) is 0 Å². The van der Waals surface area contributed by atoms with Crippen molar-refractivity contribution in [3.63, 3.8) is 0 Å². The Hall–Kier alpha value is -2.25. The molecule has 8 nitrogen and oxygen atoms in total. The van der Waals surface area contributed by atoms with Gasteiger partial charge in [-0.05, 0) is 6.92 Å². The van der Waals surface area contributed by atoms with Crippen LogP contribution in [0.3, 0.4) is 0 Å². The van der Waals surface area contributed by atoms with E-state index in [9.17, 15) is 4.79 Å². The van der Waals surface area contributed by atoms with Crippen LogP contribution in [0.5, 0.6) is 0 Å². The van der Waals surface area contributed by atoms with Gasteiger partial charge < -0.3 is 9.88 Å². The fraction of sp³-hybridized carbons (Fsp3) is 0.583. The quantitative estimate of drug-likeness (QED) is 0.860. The number of rotatable bonds is 3. The first-order valence-electron chi connectivity index (χ1n) is 6.36. The molecule has 1 atom stereocenters. The molecule has 20 heavy (non-hydrogen) atoms. The lowest BCUT2D eigenvalue weighted by Gasteiger charge is -2.13. The second kappa shape index (κ2) is 5.03. The maximum absolute atomic E-state index is 12.1. The predicted octanol–water partition coefficient (Wildman–Crippen LogP) is 0.722. The molecule has 1 unspecified atom stereocenters. The number of aromatic amines is 1. The van der Waals surface area contributed by atoms with Crippen LogP contribution in [0.1, 0.15) is 56.0 Å². The van der Waals surface area contributed by atoms with Crippen LogP contribution < -0.4 is 5.32 Å². The average molecular weight is 277 g/mol. The Morgan fingerprint density at radius 1 is 1.45 bits per heavy atom. The number of amides is 1. The number of H-pyrrole nitrogens is 1. The summed E-state index contributed by atoms with van der Waals surface area (Å²) in [6.45, 7) is 7.82. The molecule has 0 radical (unpaired) electrons. The van der Waals surface area contributed by atoms with E-state index in [1.54, 1.807) is 10.9 Å². The fourth-order valence-corrected chi connectivity index (χ4v) is 1.71. The smallest absolute Gasteiger partial charge is 0.291 e. The molecule has 0 spiro atoms. The molecular weight excluding hydrogens is 258 g/mol. The van der Waals surface area contributed by atoms with Gasteiger partial charge in [0.1, 0.15) is 12.2 Å². The van der Waals surface area contributed by atoms with E-state index >= 15 is 0 Å². The van der Waals surface area contributed by atoms with Crippen LogP contribution >= 0.6 is 0 Å². The van der Waals surface area contributed by atoms with E-state index < -0.39 is 0 Å². The molecule has 0 saturated carbocycles. The third-order valence-electron chi connectivity index (χ3n) is 2.88. The first-order chi connectivity index (χ1) is 9.29. The highest BCUT2D eigenvalue weighted by Crippen LogP contribution is 2.17. The molecule has 2 heterocycles. The number of aromatic nitrogens is 6. The molecule has 0 bridgehead atoms. The Bertz CT molecular complexity index is 607. The molecule has 0 aromatic carbocycles. The van der Waals surface area contributed by atoms with E-state index in [2.05, 4.69) is 30.7 Å². The van der Waals surface area contributed by atoms with Crippen molar-refractivity contribution in [3.05, 3.63) is 23.8 Å². The molecule has 0 fully saturated rings. The maximum atomic E-state index is 12.1. The Kier molecular flexibility index (Phi) is 3.56. The molecule has 2 rings (SSSR count). The van der Waals surface area contributed by atoms with E-state index in [1.807, 2.05) is 34.7 Å². The lowest BCUT2D eigenvalue weighted by atomic mass is 9.96. The van der Waals surface area contributed by atoms with Crippen LogP contribution in [-0.4, -0.2) is 35.9 Å². The van der Waals surface area contributed by atoms with Crippen LogP contribution in [0, 0.1) is 0 Å². The van der Waals surface area contributed by atoms with E-state index in [4.69, 9.17) is 0 Å². The largest absolute Gasteiger partial charge is 0.340 e. The first-order valence-corrected chi connectivity index (χ1v) is 6.36. The standard InChI is InChI=1S/C12H19N7O/c1-7(9-17-13-6-19(9)5)14-10(20)8-15-11(18-16-8)12(2,3)4/h6-7H,1-5H3,(H,14,20)(H,15,16,18). The number of nitrogens with one attached hydrogen (secondary N) is 2. The van der Waals surface area contributed by atoms with Crippen molar-refractivity contribution in [3.8, 4) is 0 Å². The topological polar surface area (TPSA) is 101 Å². The first kappa shape index (κ1) is 14.2. The summed E-state index contributed by atoms with van der Waals surface area (Å²) >= 11 is 0. The van der Waals surface area contributed by atoms with Crippen molar-refractivity contribution >= 4 is 5.91 Å². The summed E-state index contributed by atoms with van der Waals surface area (Å²) < 4.78 is 1.75. The van der Waals surface area contributed by atoms with Crippen molar-refractivity contribution in [2.24, 2.45) is 7.05 Å². The number of aryl methyl sites for hydroxylation is 1. The lowest BCUT2D eigenvalue weighted by molar-refractivity contribution is 0.0927. The third kappa shape index (κ3) is 2.84. The summed E-state index contributed by atoms with van der Waals surface area (Å²) in [5.41, 5.74) is -0.180. The maximum Gasteiger partial charge on any atom is 0.291 e. The second-order valence-corrected chi connectivity index (χ2v) is 5.75. The molecular formula is C12H19N7O. The van der Waals surface area contributed by atoms with E-state index in [1.165, 1.54) is 0 Å². The van der Waals surface area contributed by atoms with E-state index in [0.29, 0.717) is 11.6 Å². The highest BCUT2D eigenvalue weighted by molar-refractivity contribution is 5.90. The zero-order valence-corrected chi connectivity index (χ0v) is 12.3. The molecule has 2 aromatic heterocycles. The normalized spacial score (nSPS) is 13.2. The highest BCUT2D eigenvalue weighted by Gasteiger charge is 2.23. The van der Waals surface area contributed by atoms with Gasteiger partial charge in [-0.3, -0.25) is 9.89 Å². The second-order valence-electron chi connectivity index (χ2n) is 5.75. The third-order valence-corrected chi connectivity index (χ3v) is 2.88. The van der Waals surface area contributed by atoms with Gasteiger partial charge in [-0.25, -0.2) is 4.98 Å².